The Hall–Kier alpha value is -2.41. The second-order valence-corrected chi connectivity index (χ2v) is 6.44. The maximum atomic E-state index is 12.6. The van der Waals surface area contributed by atoms with Gasteiger partial charge in [-0.05, 0) is 37.5 Å². The average Bonchev–Trinajstić information content (AvgIpc) is 3.27. The third kappa shape index (κ3) is 2.87. The van der Waals surface area contributed by atoms with Crippen LogP contribution in [0.2, 0.25) is 0 Å². The summed E-state index contributed by atoms with van der Waals surface area (Å²) in [5, 5.41) is 13.8. The van der Waals surface area contributed by atoms with E-state index in [4.69, 9.17) is 4.74 Å². The van der Waals surface area contributed by atoms with Crippen molar-refractivity contribution in [2.45, 2.75) is 43.9 Å². The molecule has 1 aromatic carbocycles. The summed E-state index contributed by atoms with van der Waals surface area (Å²) < 4.78 is 5.73. The molecular weight excluding hydrogens is 308 g/mol. The first-order chi connectivity index (χ1) is 11.7. The predicted molar refractivity (Wildman–Crippen MR) is 87.5 cm³/mol. The summed E-state index contributed by atoms with van der Waals surface area (Å²) in [6.07, 6.45) is 4.65. The average molecular weight is 328 g/mol. The molecule has 24 heavy (non-hydrogen) atoms. The maximum Gasteiger partial charge on any atom is 0.251 e. The fourth-order valence-electron chi connectivity index (χ4n) is 3.56. The van der Waals surface area contributed by atoms with Crippen LogP contribution in [0.15, 0.2) is 24.4 Å². The second kappa shape index (κ2) is 6.24. The lowest BCUT2D eigenvalue weighted by molar-refractivity contribution is -0.125. The Bertz CT molecular complexity index is 766. The Balaban J connectivity index is 1.51. The zero-order chi connectivity index (χ0) is 16.5. The smallest absolute Gasteiger partial charge is 0.251 e. The lowest BCUT2D eigenvalue weighted by atomic mass is 9.92. The third-order valence-electron chi connectivity index (χ3n) is 4.83. The minimum Gasteiger partial charge on any atom is -0.376 e. The fourth-order valence-corrected chi connectivity index (χ4v) is 3.56. The van der Waals surface area contributed by atoms with Gasteiger partial charge in [0, 0.05) is 24.0 Å². The van der Waals surface area contributed by atoms with Gasteiger partial charge in [0.2, 0.25) is 5.91 Å². The van der Waals surface area contributed by atoms with Crippen molar-refractivity contribution in [1.82, 2.24) is 20.8 Å². The van der Waals surface area contributed by atoms with Gasteiger partial charge in [0.15, 0.2) is 0 Å². The summed E-state index contributed by atoms with van der Waals surface area (Å²) in [6, 6.07) is 5.17. The minimum atomic E-state index is -0.157. The van der Waals surface area contributed by atoms with Gasteiger partial charge in [0.05, 0.1) is 29.9 Å². The number of nitrogens with zero attached hydrogens (tertiary/aromatic N) is 1. The van der Waals surface area contributed by atoms with Crippen LogP contribution in [0.3, 0.4) is 0 Å². The van der Waals surface area contributed by atoms with Gasteiger partial charge in [-0.25, -0.2) is 0 Å². The van der Waals surface area contributed by atoms with Crippen molar-refractivity contribution in [2.75, 3.05) is 6.61 Å². The molecule has 3 heterocycles. The van der Waals surface area contributed by atoms with Gasteiger partial charge in [0.1, 0.15) is 0 Å². The van der Waals surface area contributed by atoms with Crippen LogP contribution in [-0.4, -0.2) is 46.8 Å². The van der Waals surface area contributed by atoms with Crippen LogP contribution in [0.4, 0.5) is 0 Å². The molecule has 0 aliphatic carbocycles. The van der Waals surface area contributed by atoms with Crippen LogP contribution < -0.4 is 10.6 Å². The van der Waals surface area contributed by atoms with Crippen LogP contribution in [0.25, 0.3) is 10.9 Å². The summed E-state index contributed by atoms with van der Waals surface area (Å²) in [6.45, 7) is 0.717. The summed E-state index contributed by atoms with van der Waals surface area (Å²) in [5.41, 5.74) is 1.49. The monoisotopic (exact) mass is 328 g/mol. The molecule has 126 valence electrons. The van der Waals surface area contributed by atoms with Gasteiger partial charge in [-0.3, -0.25) is 14.7 Å². The van der Waals surface area contributed by atoms with Crippen LogP contribution in [0.5, 0.6) is 0 Å². The molecule has 0 spiro atoms. The Morgan fingerprint density at radius 1 is 1.33 bits per heavy atom. The molecule has 2 saturated heterocycles. The number of carbonyl (C=O) groups excluding carboxylic acids is 2. The van der Waals surface area contributed by atoms with Crippen molar-refractivity contribution in [3.05, 3.63) is 30.0 Å². The highest BCUT2D eigenvalue weighted by Crippen LogP contribution is 2.23. The van der Waals surface area contributed by atoms with E-state index >= 15 is 0 Å². The molecular formula is C17H20N4O3. The highest BCUT2D eigenvalue weighted by molar-refractivity contribution is 5.98. The molecule has 7 nitrogen and oxygen atoms in total. The molecule has 1 unspecified atom stereocenters. The summed E-state index contributed by atoms with van der Waals surface area (Å²) in [5.74, 6) is -0.108. The van der Waals surface area contributed by atoms with E-state index in [9.17, 15) is 9.59 Å². The second-order valence-electron chi connectivity index (χ2n) is 6.44. The largest absolute Gasteiger partial charge is 0.376 e. The summed E-state index contributed by atoms with van der Waals surface area (Å²) >= 11 is 0. The third-order valence-corrected chi connectivity index (χ3v) is 4.83. The molecule has 2 fully saturated rings. The Morgan fingerprint density at radius 3 is 3.08 bits per heavy atom. The number of benzene rings is 1. The molecule has 4 rings (SSSR count). The first-order valence-corrected chi connectivity index (χ1v) is 8.36. The number of hydrogen-bond acceptors (Lipinski definition) is 4. The maximum absolute atomic E-state index is 12.6. The number of ether oxygens (including phenoxy) is 1. The number of piperidine rings is 1. The van der Waals surface area contributed by atoms with Crippen molar-refractivity contribution in [3.63, 3.8) is 0 Å². The number of aromatic nitrogens is 2. The van der Waals surface area contributed by atoms with E-state index in [2.05, 4.69) is 20.8 Å². The van der Waals surface area contributed by atoms with Gasteiger partial charge in [0.25, 0.3) is 5.91 Å². The lowest BCUT2D eigenvalue weighted by Gasteiger charge is -2.36. The topological polar surface area (TPSA) is 96.1 Å². The zero-order valence-electron chi connectivity index (χ0n) is 13.2. The number of nitrogens with one attached hydrogen (secondary N) is 3. The lowest BCUT2D eigenvalue weighted by Crippen LogP contribution is -2.60. The molecule has 3 atom stereocenters. The molecule has 1 aromatic heterocycles. The van der Waals surface area contributed by atoms with Gasteiger partial charge in [-0.2, -0.15) is 5.10 Å². The fraction of sp³-hybridized carbons (Fsp3) is 0.471. The zero-order valence-corrected chi connectivity index (χ0v) is 13.2. The van der Waals surface area contributed by atoms with E-state index in [0.717, 1.165) is 30.4 Å². The number of rotatable bonds is 3. The highest BCUT2D eigenvalue weighted by atomic mass is 16.5. The molecule has 7 heteroatoms. The van der Waals surface area contributed by atoms with Crippen LogP contribution in [0, 0.1) is 0 Å². The molecule has 2 amide bonds. The first-order valence-electron chi connectivity index (χ1n) is 8.36. The minimum absolute atomic E-state index is 0.0177. The molecule has 0 bridgehead atoms. The number of hydrogen-bond donors (Lipinski definition) is 3. The van der Waals surface area contributed by atoms with Crippen molar-refractivity contribution in [2.24, 2.45) is 0 Å². The van der Waals surface area contributed by atoms with Crippen LogP contribution in [0.1, 0.15) is 36.0 Å². The Morgan fingerprint density at radius 2 is 2.25 bits per heavy atom. The van der Waals surface area contributed by atoms with Crippen molar-refractivity contribution < 1.29 is 14.3 Å². The highest BCUT2D eigenvalue weighted by Gasteiger charge is 2.37. The summed E-state index contributed by atoms with van der Waals surface area (Å²) in [7, 11) is 0. The van der Waals surface area contributed by atoms with E-state index < -0.39 is 0 Å². The number of fused-ring (bicyclic) bond motifs is 1. The van der Waals surface area contributed by atoms with E-state index in [1.807, 2.05) is 12.1 Å². The normalized spacial score (nSPS) is 27.2. The van der Waals surface area contributed by atoms with Gasteiger partial charge < -0.3 is 15.4 Å². The first kappa shape index (κ1) is 15.1. The summed E-state index contributed by atoms with van der Waals surface area (Å²) in [4.78, 5) is 24.4. The van der Waals surface area contributed by atoms with Crippen molar-refractivity contribution in [1.29, 1.82) is 0 Å². The number of H-pyrrole nitrogens is 1. The van der Waals surface area contributed by atoms with E-state index in [-0.39, 0.29) is 30.0 Å². The molecule has 0 saturated carbocycles. The van der Waals surface area contributed by atoms with Crippen LogP contribution in [-0.2, 0) is 9.53 Å². The number of amides is 2. The van der Waals surface area contributed by atoms with E-state index in [0.29, 0.717) is 18.4 Å². The Kier molecular flexibility index (Phi) is 3.93. The van der Waals surface area contributed by atoms with Crippen molar-refractivity contribution >= 4 is 22.7 Å². The van der Waals surface area contributed by atoms with E-state index in [1.165, 1.54) is 0 Å². The molecule has 0 radical (unpaired) electrons. The Labute approximate surface area is 139 Å². The molecule has 2 aliphatic rings. The van der Waals surface area contributed by atoms with Crippen molar-refractivity contribution in [3.8, 4) is 0 Å². The van der Waals surface area contributed by atoms with Gasteiger partial charge in [-0.15, -0.1) is 0 Å². The number of carbonyl (C=O) groups is 2. The standard InChI is InChI=1S/C17H20N4O3/c22-15-6-5-13(16(20-15)14-2-1-7-24-14)19-17(23)10-3-4-12-11(8-10)9-18-21-12/h3-4,8-9,13-14,16H,1-2,5-7H2,(H,18,21)(H,19,23)(H,20,22)/t13-,14?,16-/m0/s1. The number of aromatic amines is 1. The van der Waals surface area contributed by atoms with Gasteiger partial charge >= 0.3 is 0 Å². The van der Waals surface area contributed by atoms with Crippen LogP contribution >= 0.6 is 0 Å². The molecule has 2 aliphatic heterocycles. The molecule has 3 N–H and O–H groups in total. The quantitative estimate of drug-likeness (QED) is 0.787. The molecule has 2 aromatic rings. The predicted octanol–water partition coefficient (Wildman–Crippen LogP) is 1.12. The van der Waals surface area contributed by atoms with E-state index in [1.54, 1.807) is 12.3 Å². The SMILES string of the molecule is O=C1CC[C@H](NC(=O)c2ccc3[nH]ncc3c2)[C@@H](C2CCCO2)N1. The van der Waals surface area contributed by atoms with Gasteiger partial charge in [-0.1, -0.05) is 0 Å².